The molecule has 0 aliphatic carbocycles. The number of aromatic nitrogens is 1. The van der Waals surface area contributed by atoms with Crippen LogP contribution < -0.4 is 9.80 Å². The van der Waals surface area contributed by atoms with Gasteiger partial charge in [0.1, 0.15) is 5.82 Å². The number of rotatable bonds is 5. The summed E-state index contributed by atoms with van der Waals surface area (Å²) in [6.07, 6.45) is -2.66. The topological polar surface area (TPSA) is 62.7 Å². The predicted octanol–water partition coefficient (Wildman–Crippen LogP) is 3.52. The third-order valence-corrected chi connectivity index (χ3v) is 5.08. The monoisotopic (exact) mass is 421 g/mol. The molecule has 1 aromatic carbocycles. The van der Waals surface area contributed by atoms with Crippen molar-refractivity contribution in [3.63, 3.8) is 0 Å². The van der Waals surface area contributed by atoms with Gasteiger partial charge in [-0.05, 0) is 37.1 Å². The fourth-order valence-corrected chi connectivity index (χ4v) is 3.23. The van der Waals surface area contributed by atoms with E-state index in [1.807, 2.05) is 23.1 Å². The van der Waals surface area contributed by atoms with Gasteiger partial charge in [0.2, 0.25) is 0 Å². The van der Waals surface area contributed by atoms with Crippen molar-refractivity contribution in [2.45, 2.75) is 19.0 Å². The molecule has 2 aromatic rings. The molecule has 0 unspecified atom stereocenters. The molecule has 1 aliphatic heterocycles. The molecule has 1 amide bonds. The first kappa shape index (κ1) is 21.6. The number of carbonyl (C=O) groups is 2. The summed E-state index contributed by atoms with van der Waals surface area (Å²) in [5, 5.41) is 0. The predicted molar refractivity (Wildman–Crippen MR) is 105 cm³/mol. The van der Waals surface area contributed by atoms with E-state index in [-0.39, 0.29) is 18.4 Å². The maximum absolute atomic E-state index is 12.6. The molecule has 1 saturated heterocycles. The van der Waals surface area contributed by atoms with Crippen LogP contribution in [0.3, 0.4) is 0 Å². The summed E-state index contributed by atoms with van der Waals surface area (Å²) in [4.78, 5) is 31.7. The standard InChI is InChI=1S/C21H22F3N3O3/c1-26(17-5-3-2-4-6-17)19(28)14-30-20(29)15-9-11-27(12-10-15)18-8-7-16(13-25-18)21(22,23)24/h2-8,13,15H,9-12,14H2,1H3. The van der Waals surface area contributed by atoms with E-state index < -0.39 is 17.7 Å². The van der Waals surface area contributed by atoms with Gasteiger partial charge in [-0.25, -0.2) is 4.98 Å². The molecule has 6 nitrogen and oxygen atoms in total. The van der Waals surface area contributed by atoms with Crippen LogP contribution in [0.15, 0.2) is 48.7 Å². The number of alkyl halides is 3. The molecule has 1 aliphatic rings. The lowest BCUT2D eigenvalue weighted by molar-refractivity contribution is -0.152. The van der Waals surface area contributed by atoms with Crippen LogP contribution in [0.1, 0.15) is 18.4 Å². The zero-order valence-electron chi connectivity index (χ0n) is 16.4. The highest BCUT2D eigenvalue weighted by molar-refractivity contribution is 5.94. The van der Waals surface area contributed by atoms with E-state index in [0.717, 1.165) is 12.3 Å². The molecule has 2 heterocycles. The summed E-state index contributed by atoms with van der Waals surface area (Å²) in [7, 11) is 1.61. The van der Waals surface area contributed by atoms with Gasteiger partial charge in [-0.1, -0.05) is 18.2 Å². The summed E-state index contributed by atoms with van der Waals surface area (Å²) in [5.74, 6) is -0.689. The smallest absolute Gasteiger partial charge is 0.417 e. The Balaban J connectivity index is 1.46. The van der Waals surface area contributed by atoms with Crippen LogP contribution in [0, 0.1) is 5.92 Å². The van der Waals surface area contributed by atoms with Crippen molar-refractivity contribution in [3.05, 3.63) is 54.2 Å². The van der Waals surface area contributed by atoms with Crippen molar-refractivity contribution in [3.8, 4) is 0 Å². The number of nitrogens with zero attached hydrogens (tertiary/aromatic N) is 3. The lowest BCUT2D eigenvalue weighted by Gasteiger charge is -2.31. The lowest BCUT2D eigenvalue weighted by Crippen LogP contribution is -2.38. The molecule has 160 valence electrons. The average Bonchev–Trinajstić information content (AvgIpc) is 2.77. The minimum Gasteiger partial charge on any atom is -0.455 e. The number of hydrogen-bond donors (Lipinski definition) is 0. The Morgan fingerprint density at radius 3 is 2.37 bits per heavy atom. The van der Waals surface area contributed by atoms with Gasteiger partial charge in [-0.2, -0.15) is 13.2 Å². The van der Waals surface area contributed by atoms with Crippen LogP contribution in [0.4, 0.5) is 24.7 Å². The first-order valence-electron chi connectivity index (χ1n) is 9.52. The molecular formula is C21H22F3N3O3. The molecule has 0 saturated carbocycles. The molecule has 0 bridgehead atoms. The van der Waals surface area contributed by atoms with Gasteiger partial charge in [-0.3, -0.25) is 9.59 Å². The Kier molecular flexibility index (Phi) is 6.59. The van der Waals surface area contributed by atoms with E-state index in [4.69, 9.17) is 4.74 Å². The van der Waals surface area contributed by atoms with Crippen molar-refractivity contribution >= 4 is 23.4 Å². The van der Waals surface area contributed by atoms with E-state index >= 15 is 0 Å². The van der Waals surface area contributed by atoms with Crippen LogP contribution in [0.5, 0.6) is 0 Å². The average molecular weight is 421 g/mol. The van der Waals surface area contributed by atoms with Crippen LogP contribution in [0.2, 0.25) is 0 Å². The van der Waals surface area contributed by atoms with E-state index in [1.165, 1.54) is 11.0 Å². The first-order chi connectivity index (χ1) is 14.3. The zero-order chi connectivity index (χ0) is 21.7. The minimum atomic E-state index is -4.42. The number of halogens is 3. The highest BCUT2D eigenvalue weighted by atomic mass is 19.4. The first-order valence-corrected chi connectivity index (χ1v) is 9.52. The molecule has 0 N–H and O–H groups in total. The number of para-hydroxylation sites is 1. The van der Waals surface area contributed by atoms with E-state index in [9.17, 15) is 22.8 Å². The maximum atomic E-state index is 12.6. The highest BCUT2D eigenvalue weighted by Gasteiger charge is 2.32. The third-order valence-electron chi connectivity index (χ3n) is 5.08. The van der Waals surface area contributed by atoms with E-state index in [0.29, 0.717) is 37.4 Å². The van der Waals surface area contributed by atoms with Gasteiger partial charge in [0.15, 0.2) is 6.61 Å². The number of amides is 1. The molecule has 9 heteroatoms. The summed E-state index contributed by atoms with van der Waals surface area (Å²) in [6.45, 7) is 0.594. The van der Waals surface area contributed by atoms with Crippen molar-refractivity contribution < 1.29 is 27.5 Å². The molecular weight excluding hydrogens is 399 g/mol. The fourth-order valence-electron chi connectivity index (χ4n) is 3.23. The Bertz CT molecular complexity index is 865. The van der Waals surface area contributed by atoms with E-state index in [1.54, 1.807) is 19.2 Å². The quantitative estimate of drug-likeness (QED) is 0.692. The van der Waals surface area contributed by atoms with Gasteiger partial charge >= 0.3 is 12.1 Å². The second kappa shape index (κ2) is 9.15. The normalized spacial score (nSPS) is 15.0. The number of anilines is 2. The second-order valence-electron chi connectivity index (χ2n) is 7.06. The van der Waals surface area contributed by atoms with Gasteiger partial charge < -0.3 is 14.5 Å². The van der Waals surface area contributed by atoms with Gasteiger partial charge in [0.25, 0.3) is 5.91 Å². The molecule has 30 heavy (non-hydrogen) atoms. The SMILES string of the molecule is CN(C(=O)COC(=O)C1CCN(c2ccc(C(F)(F)F)cn2)CC1)c1ccccc1. The van der Waals surface area contributed by atoms with E-state index in [2.05, 4.69) is 4.98 Å². The molecule has 0 spiro atoms. The molecule has 1 aromatic heterocycles. The largest absolute Gasteiger partial charge is 0.455 e. The number of pyridine rings is 1. The lowest BCUT2D eigenvalue weighted by atomic mass is 9.97. The second-order valence-corrected chi connectivity index (χ2v) is 7.06. The van der Waals surface area contributed by atoms with Crippen LogP contribution in [0.25, 0.3) is 0 Å². The fraction of sp³-hybridized carbons (Fsp3) is 0.381. The molecule has 1 fully saturated rings. The van der Waals surface area contributed by atoms with Gasteiger partial charge in [-0.15, -0.1) is 0 Å². The zero-order valence-corrected chi connectivity index (χ0v) is 16.4. The van der Waals surface area contributed by atoms with Crippen LogP contribution >= 0.6 is 0 Å². The summed E-state index contributed by atoms with van der Waals surface area (Å²) in [5.41, 5.74) is -0.0919. The Labute approximate surface area is 172 Å². The summed E-state index contributed by atoms with van der Waals surface area (Å²) in [6, 6.07) is 11.4. The van der Waals surface area contributed by atoms with Crippen molar-refractivity contribution in [1.82, 2.24) is 4.98 Å². The Morgan fingerprint density at radius 2 is 1.80 bits per heavy atom. The van der Waals surface area contributed by atoms with Gasteiger partial charge in [0.05, 0.1) is 11.5 Å². The van der Waals surface area contributed by atoms with Crippen molar-refractivity contribution in [1.29, 1.82) is 0 Å². The van der Waals surface area contributed by atoms with Crippen molar-refractivity contribution in [2.24, 2.45) is 5.92 Å². The summed E-state index contributed by atoms with van der Waals surface area (Å²) < 4.78 is 43.1. The highest BCUT2D eigenvalue weighted by Crippen LogP contribution is 2.30. The molecule has 3 rings (SSSR count). The van der Waals surface area contributed by atoms with Crippen LogP contribution in [-0.2, 0) is 20.5 Å². The van der Waals surface area contributed by atoms with Gasteiger partial charge in [0, 0.05) is 32.0 Å². The molecule has 0 atom stereocenters. The maximum Gasteiger partial charge on any atom is 0.417 e. The number of likely N-dealkylation sites (N-methyl/N-ethyl adjacent to an activating group) is 1. The van der Waals surface area contributed by atoms with Crippen LogP contribution in [-0.4, -0.2) is 43.6 Å². The number of benzene rings is 1. The number of piperidine rings is 1. The Morgan fingerprint density at radius 1 is 1.13 bits per heavy atom. The minimum absolute atomic E-state index is 0.332. The Hall–Kier alpha value is -3.10. The number of esters is 1. The number of ether oxygens (including phenoxy) is 1. The molecule has 0 radical (unpaired) electrons. The number of hydrogen-bond acceptors (Lipinski definition) is 5. The number of carbonyl (C=O) groups excluding carboxylic acids is 2. The third kappa shape index (κ3) is 5.28. The van der Waals surface area contributed by atoms with Crippen molar-refractivity contribution in [2.75, 3.05) is 36.5 Å². The summed E-state index contributed by atoms with van der Waals surface area (Å²) >= 11 is 0.